The highest BCUT2D eigenvalue weighted by Gasteiger charge is 2.40. The van der Waals surface area contributed by atoms with E-state index in [2.05, 4.69) is 16.7 Å². The molecule has 0 bridgehead atoms. The number of aliphatic imine (C=N–C) groups is 1. The summed E-state index contributed by atoms with van der Waals surface area (Å²) in [4.78, 5) is 63.0. The molecule has 0 saturated heterocycles. The van der Waals surface area contributed by atoms with Crippen molar-refractivity contribution in [1.82, 2.24) is 9.88 Å². The number of hydrogen-bond acceptors (Lipinski definition) is 6. The van der Waals surface area contributed by atoms with E-state index in [-0.39, 0.29) is 22.3 Å². The maximum Gasteiger partial charge on any atom is 0.265 e. The van der Waals surface area contributed by atoms with E-state index in [9.17, 15) is 19.2 Å². The van der Waals surface area contributed by atoms with Crippen LogP contribution in [0.3, 0.4) is 0 Å². The van der Waals surface area contributed by atoms with Crippen molar-refractivity contribution in [2.45, 2.75) is 6.92 Å². The highest BCUT2D eigenvalue weighted by atomic mass is 16.2. The van der Waals surface area contributed by atoms with Crippen molar-refractivity contribution in [1.29, 1.82) is 0 Å². The molecule has 0 fully saturated rings. The van der Waals surface area contributed by atoms with Crippen molar-refractivity contribution in [3.8, 4) is 0 Å². The van der Waals surface area contributed by atoms with E-state index in [4.69, 9.17) is 0 Å². The lowest BCUT2D eigenvalue weighted by Gasteiger charge is -2.32. The summed E-state index contributed by atoms with van der Waals surface area (Å²) in [5.41, 5.74) is 1.70. The summed E-state index contributed by atoms with van der Waals surface area (Å²) >= 11 is 0. The summed E-state index contributed by atoms with van der Waals surface area (Å²) in [6.45, 7) is 5.07. The highest BCUT2D eigenvalue weighted by molar-refractivity contribution is 6.39. The normalized spacial score (nSPS) is 15.7. The fourth-order valence-corrected chi connectivity index (χ4v) is 4.27. The lowest BCUT2D eigenvalue weighted by atomic mass is 9.85. The van der Waals surface area contributed by atoms with Crippen LogP contribution in [0.15, 0.2) is 77.8 Å². The van der Waals surface area contributed by atoms with Crippen molar-refractivity contribution in [2.24, 2.45) is 4.99 Å². The first kappa shape index (κ1) is 20.2. The van der Waals surface area contributed by atoms with Crippen molar-refractivity contribution in [3.63, 3.8) is 0 Å². The van der Waals surface area contributed by atoms with Gasteiger partial charge in [0.05, 0.1) is 5.69 Å². The van der Waals surface area contributed by atoms with Crippen LogP contribution in [-0.4, -0.2) is 40.2 Å². The largest absolute Gasteiger partial charge is 0.272 e. The van der Waals surface area contributed by atoms with Gasteiger partial charge in [-0.1, -0.05) is 6.08 Å². The minimum atomic E-state index is -0.547. The predicted molar refractivity (Wildman–Crippen MR) is 122 cm³/mol. The van der Waals surface area contributed by atoms with Crippen molar-refractivity contribution in [2.75, 3.05) is 4.90 Å². The summed E-state index contributed by atoms with van der Waals surface area (Å²) in [5.74, 6) is -2.15. The van der Waals surface area contributed by atoms with Crippen LogP contribution in [-0.2, 0) is 0 Å². The average molecular weight is 436 g/mol. The standard InChI is InChI=1S/C25H16N4O4/c1-3-14(8-11-26-2)28-22(30)16-4-6-18-21-19(7-5-17(20(16)21)23(28)31)25(33)29(24(18)32)15-9-12-27-13-10-15/h3-13H,2H2,1H3/b11-8-,14-3+. The molecule has 0 unspecified atom stereocenters. The van der Waals surface area contributed by atoms with Gasteiger partial charge in [0, 0.05) is 57.3 Å². The number of rotatable bonds is 4. The molecule has 160 valence electrons. The number of carbonyl (C=O) groups is 4. The van der Waals surface area contributed by atoms with E-state index in [0.29, 0.717) is 22.2 Å². The minimum Gasteiger partial charge on any atom is -0.272 e. The van der Waals surface area contributed by atoms with E-state index >= 15 is 0 Å². The Balaban J connectivity index is 1.73. The number of imide groups is 2. The molecule has 0 N–H and O–H groups in total. The van der Waals surface area contributed by atoms with Crippen LogP contribution >= 0.6 is 0 Å². The van der Waals surface area contributed by atoms with E-state index in [1.54, 1.807) is 25.1 Å². The number of pyridine rings is 1. The van der Waals surface area contributed by atoms with Crippen LogP contribution in [0.4, 0.5) is 5.69 Å². The van der Waals surface area contributed by atoms with Gasteiger partial charge in [0.15, 0.2) is 0 Å². The van der Waals surface area contributed by atoms with E-state index < -0.39 is 23.6 Å². The molecule has 0 atom stereocenters. The third-order valence-electron chi connectivity index (χ3n) is 5.72. The molecule has 0 saturated carbocycles. The molecule has 33 heavy (non-hydrogen) atoms. The molecule has 3 heterocycles. The van der Waals surface area contributed by atoms with Gasteiger partial charge in [-0.2, -0.15) is 0 Å². The Morgan fingerprint density at radius 3 is 1.76 bits per heavy atom. The molecule has 0 radical (unpaired) electrons. The summed E-state index contributed by atoms with van der Waals surface area (Å²) in [6.07, 6.45) is 7.50. The average Bonchev–Trinajstić information content (AvgIpc) is 2.84. The SMILES string of the molecule is C=N/C=C\C(=C/C)N1C(=O)c2ccc3c4c(ccc(c24)C1=O)C(=O)N(c1ccncc1)C3=O. The highest BCUT2D eigenvalue weighted by Crippen LogP contribution is 2.39. The molecule has 2 aliphatic heterocycles. The van der Waals surface area contributed by atoms with Crippen LogP contribution in [0, 0.1) is 0 Å². The van der Waals surface area contributed by atoms with Gasteiger partial charge in [0.1, 0.15) is 0 Å². The van der Waals surface area contributed by atoms with Gasteiger partial charge in [0.2, 0.25) is 0 Å². The Morgan fingerprint density at radius 2 is 1.30 bits per heavy atom. The van der Waals surface area contributed by atoms with Gasteiger partial charge in [-0.15, -0.1) is 0 Å². The number of amides is 4. The Morgan fingerprint density at radius 1 is 0.818 bits per heavy atom. The molecule has 4 amide bonds. The summed E-state index contributed by atoms with van der Waals surface area (Å²) in [5, 5.41) is 0.630. The van der Waals surface area contributed by atoms with Gasteiger partial charge in [0.25, 0.3) is 23.6 Å². The first-order valence-corrected chi connectivity index (χ1v) is 10.1. The quantitative estimate of drug-likeness (QED) is 0.352. The van der Waals surface area contributed by atoms with Crippen LogP contribution < -0.4 is 4.90 Å². The molecule has 2 aromatic carbocycles. The zero-order valence-electron chi connectivity index (χ0n) is 17.5. The number of hydrogen-bond donors (Lipinski definition) is 0. The summed E-state index contributed by atoms with van der Waals surface area (Å²) in [6, 6.07) is 9.23. The number of nitrogens with zero attached hydrogens (tertiary/aromatic N) is 4. The molecule has 2 aliphatic rings. The van der Waals surface area contributed by atoms with Gasteiger partial charge in [-0.05, 0) is 56.1 Å². The molecular formula is C25H16N4O4. The maximum absolute atomic E-state index is 13.4. The first-order chi connectivity index (χ1) is 16.0. The Hall–Kier alpha value is -4.72. The van der Waals surface area contributed by atoms with Gasteiger partial charge >= 0.3 is 0 Å². The molecule has 1 aromatic heterocycles. The Labute approximate surface area is 188 Å². The van der Waals surface area contributed by atoms with Crippen LogP contribution in [0.25, 0.3) is 10.8 Å². The smallest absolute Gasteiger partial charge is 0.265 e. The summed E-state index contributed by atoms with van der Waals surface area (Å²) < 4.78 is 0. The number of anilines is 1. The summed E-state index contributed by atoms with van der Waals surface area (Å²) in [7, 11) is 0. The van der Waals surface area contributed by atoms with Gasteiger partial charge in [-0.25, -0.2) is 9.80 Å². The molecule has 5 rings (SSSR count). The zero-order chi connectivity index (χ0) is 23.3. The molecule has 8 nitrogen and oxygen atoms in total. The maximum atomic E-state index is 13.4. The molecule has 8 heteroatoms. The third-order valence-corrected chi connectivity index (χ3v) is 5.72. The van der Waals surface area contributed by atoms with Crippen LogP contribution in [0.1, 0.15) is 48.4 Å². The molecule has 0 aliphatic carbocycles. The predicted octanol–water partition coefficient (Wildman–Crippen LogP) is 3.75. The van der Waals surface area contributed by atoms with E-state index in [1.165, 1.54) is 48.9 Å². The molecule has 0 spiro atoms. The molecular weight excluding hydrogens is 420 g/mol. The second-order valence-electron chi connectivity index (χ2n) is 7.38. The number of benzene rings is 2. The third kappa shape index (κ3) is 2.77. The van der Waals surface area contributed by atoms with Gasteiger partial charge in [-0.3, -0.25) is 29.2 Å². The van der Waals surface area contributed by atoms with Crippen molar-refractivity contribution < 1.29 is 19.2 Å². The van der Waals surface area contributed by atoms with E-state index in [0.717, 1.165) is 9.80 Å². The van der Waals surface area contributed by atoms with Crippen LogP contribution in [0.5, 0.6) is 0 Å². The second kappa shape index (κ2) is 7.45. The lowest BCUT2D eigenvalue weighted by molar-refractivity contribution is 0.0665. The van der Waals surface area contributed by atoms with Crippen molar-refractivity contribution in [3.05, 3.63) is 95.1 Å². The Kier molecular flexibility index (Phi) is 4.56. The van der Waals surface area contributed by atoms with Gasteiger partial charge < -0.3 is 0 Å². The zero-order valence-corrected chi connectivity index (χ0v) is 17.5. The lowest BCUT2D eigenvalue weighted by Crippen LogP contribution is -2.43. The number of aromatic nitrogens is 1. The topological polar surface area (TPSA) is 100 Å². The number of carbonyl (C=O) groups excluding carboxylic acids is 4. The molecule has 3 aromatic rings. The monoisotopic (exact) mass is 436 g/mol. The van der Waals surface area contributed by atoms with Crippen molar-refractivity contribution >= 4 is 46.8 Å². The second-order valence-corrected chi connectivity index (χ2v) is 7.38. The van der Waals surface area contributed by atoms with E-state index in [1.807, 2.05) is 0 Å². The first-order valence-electron chi connectivity index (χ1n) is 10.1. The fourth-order valence-electron chi connectivity index (χ4n) is 4.27. The Bertz CT molecular complexity index is 1400. The number of allylic oxidation sites excluding steroid dienone is 2. The fraction of sp³-hybridized carbons (Fsp3) is 0.0400. The van der Waals surface area contributed by atoms with Crippen LogP contribution in [0.2, 0.25) is 0 Å². The minimum absolute atomic E-state index is 0.238.